The van der Waals surface area contributed by atoms with Crippen molar-refractivity contribution in [3.8, 4) is 11.1 Å². The minimum Gasteiger partial charge on any atom is -0.477 e. The number of nitrogens with one attached hydrogen (secondary N) is 2. The first kappa shape index (κ1) is 27.4. The fourth-order valence-electron chi connectivity index (χ4n) is 5.56. The molecule has 0 radical (unpaired) electrons. The lowest BCUT2D eigenvalue weighted by atomic mass is 10.0. The van der Waals surface area contributed by atoms with Gasteiger partial charge in [-0.25, -0.2) is 23.5 Å². The number of carboxylic acids is 1. The quantitative estimate of drug-likeness (QED) is 0.230. The Bertz CT molecular complexity index is 2020. The van der Waals surface area contributed by atoms with E-state index in [0.29, 0.717) is 0 Å². The number of hydrogen-bond donors (Lipinski definition) is 4. The van der Waals surface area contributed by atoms with Crippen LogP contribution in [-0.4, -0.2) is 67.6 Å². The van der Waals surface area contributed by atoms with E-state index in [1.165, 1.54) is 42.0 Å². The summed E-state index contributed by atoms with van der Waals surface area (Å²) in [4.78, 5) is 37.4. The van der Waals surface area contributed by atoms with Crippen molar-refractivity contribution in [2.24, 2.45) is 7.05 Å². The molecule has 4 aromatic heterocycles. The minimum atomic E-state index is -4.98. The summed E-state index contributed by atoms with van der Waals surface area (Å²) >= 11 is 0. The molecule has 42 heavy (non-hydrogen) atoms. The Morgan fingerprint density at radius 1 is 1.17 bits per heavy atom. The van der Waals surface area contributed by atoms with E-state index in [9.17, 15) is 37.4 Å². The molecule has 1 aromatic carbocycles. The summed E-state index contributed by atoms with van der Waals surface area (Å²) in [5.74, 6) is -3.95. The number of rotatable bonds is 4. The number of alkyl halides is 3. The molecule has 4 N–H and O–H groups in total. The number of hydrogen-bond acceptors (Lipinski definition) is 7. The van der Waals surface area contributed by atoms with Gasteiger partial charge in [-0.1, -0.05) is 0 Å². The second-order valence-corrected chi connectivity index (χ2v) is 10.2. The Morgan fingerprint density at radius 2 is 1.90 bits per heavy atom. The van der Waals surface area contributed by atoms with Crippen molar-refractivity contribution < 1.29 is 37.0 Å². The average Bonchev–Trinajstić information content (AvgIpc) is 3.53. The average molecular weight is 588 g/mol. The van der Waals surface area contributed by atoms with Crippen molar-refractivity contribution >= 4 is 50.3 Å². The van der Waals surface area contributed by atoms with Gasteiger partial charge in [-0.05, 0) is 6.07 Å². The minimum absolute atomic E-state index is 0.00894. The number of aryl methyl sites for hydroxylation is 1. The zero-order chi connectivity index (χ0) is 30.3. The van der Waals surface area contributed by atoms with Crippen LogP contribution in [0.2, 0.25) is 0 Å². The third kappa shape index (κ3) is 3.87. The second-order valence-electron chi connectivity index (χ2n) is 10.2. The summed E-state index contributed by atoms with van der Waals surface area (Å²) in [6, 6.07) is 2.25. The number of anilines is 2. The summed E-state index contributed by atoms with van der Waals surface area (Å²) in [5, 5.41) is 22.3. The van der Waals surface area contributed by atoms with Crippen molar-refractivity contribution in [1.29, 1.82) is 0 Å². The molecule has 1 atom stereocenters. The molecule has 1 fully saturated rings. The van der Waals surface area contributed by atoms with Gasteiger partial charge in [-0.2, -0.15) is 13.2 Å². The van der Waals surface area contributed by atoms with Crippen molar-refractivity contribution in [3.05, 3.63) is 58.1 Å². The summed E-state index contributed by atoms with van der Waals surface area (Å²) in [6.07, 6.45) is -1.97. The van der Waals surface area contributed by atoms with Crippen molar-refractivity contribution in [2.45, 2.75) is 18.2 Å². The molecule has 0 saturated carbocycles. The fraction of sp³-hybridized carbons (Fsp3) is 0.259. The van der Waals surface area contributed by atoms with Crippen LogP contribution in [0, 0.1) is 11.6 Å². The van der Waals surface area contributed by atoms with E-state index < -0.39 is 53.3 Å². The molecule has 10 nitrogen and oxygen atoms in total. The molecule has 6 rings (SSSR count). The maximum Gasteiger partial charge on any atom is 0.418 e. The lowest BCUT2D eigenvalue weighted by Crippen LogP contribution is -2.47. The highest BCUT2D eigenvalue weighted by Crippen LogP contribution is 2.47. The number of aliphatic hydroxyl groups is 1. The Kier molecular flexibility index (Phi) is 5.94. The zero-order valence-electron chi connectivity index (χ0n) is 21.9. The van der Waals surface area contributed by atoms with Crippen molar-refractivity contribution in [1.82, 2.24) is 19.5 Å². The molecule has 0 aliphatic carbocycles. The van der Waals surface area contributed by atoms with Gasteiger partial charge in [-0.15, -0.1) is 0 Å². The summed E-state index contributed by atoms with van der Waals surface area (Å²) < 4.78 is 73.0. The third-order valence-corrected chi connectivity index (χ3v) is 7.68. The van der Waals surface area contributed by atoms with Gasteiger partial charge < -0.3 is 30.0 Å². The SMILES string of the molecule is CNc1cc(F)c(F)c2c1[nH]c1ncc(-c3cnc4c(c3)c(=O)c(C(=O)O)cn4C)c(N3CCC(O)(C(F)(F)F)C3)c12. The molecule has 218 valence electrons. The number of aromatic amines is 1. The van der Waals surface area contributed by atoms with Gasteiger partial charge in [0, 0.05) is 62.8 Å². The number of β-amino-alcohol motifs (C(OH)–C–C–N with tert-alkyl or cyclic N) is 1. The zero-order valence-corrected chi connectivity index (χ0v) is 21.9. The molecular formula is C27H21F5N6O4. The van der Waals surface area contributed by atoms with Gasteiger partial charge in [0.05, 0.1) is 39.6 Å². The van der Waals surface area contributed by atoms with Gasteiger partial charge in [0.15, 0.2) is 17.2 Å². The molecule has 0 amide bonds. The van der Waals surface area contributed by atoms with Gasteiger partial charge in [0.25, 0.3) is 0 Å². The van der Waals surface area contributed by atoms with Gasteiger partial charge in [-0.3, -0.25) is 4.79 Å². The first-order valence-corrected chi connectivity index (χ1v) is 12.5. The molecule has 0 spiro atoms. The van der Waals surface area contributed by atoms with E-state index in [1.54, 1.807) is 0 Å². The number of H-pyrrole nitrogens is 1. The number of benzene rings is 1. The van der Waals surface area contributed by atoms with Crippen LogP contribution in [0.1, 0.15) is 16.8 Å². The van der Waals surface area contributed by atoms with Crippen LogP contribution in [0.3, 0.4) is 0 Å². The number of carboxylic acid groups (broad SMARTS) is 1. The van der Waals surface area contributed by atoms with Crippen LogP contribution >= 0.6 is 0 Å². The predicted molar refractivity (Wildman–Crippen MR) is 144 cm³/mol. The van der Waals surface area contributed by atoms with Crippen molar-refractivity contribution in [3.63, 3.8) is 0 Å². The molecule has 0 bridgehead atoms. The topological polar surface area (TPSA) is 136 Å². The Morgan fingerprint density at radius 3 is 2.55 bits per heavy atom. The maximum atomic E-state index is 15.4. The molecule has 1 aliphatic rings. The number of carbonyl (C=O) groups is 1. The van der Waals surface area contributed by atoms with E-state index in [1.807, 2.05) is 0 Å². The number of aromatic nitrogens is 4. The van der Waals surface area contributed by atoms with Gasteiger partial charge in [0.1, 0.15) is 16.9 Å². The van der Waals surface area contributed by atoms with E-state index in [2.05, 4.69) is 20.3 Å². The number of halogens is 5. The Balaban J connectivity index is 1.71. The largest absolute Gasteiger partial charge is 0.477 e. The Hall–Kier alpha value is -4.79. The number of aromatic carboxylic acids is 1. The van der Waals surface area contributed by atoms with E-state index in [4.69, 9.17) is 0 Å². The summed E-state index contributed by atoms with van der Waals surface area (Å²) in [5.41, 5.74) is -3.77. The van der Waals surface area contributed by atoms with Crippen LogP contribution in [0.4, 0.5) is 33.3 Å². The van der Waals surface area contributed by atoms with Crippen LogP contribution in [0.5, 0.6) is 0 Å². The third-order valence-electron chi connectivity index (χ3n) is 7.68. The lowest BCUT2D eigenvalue weighted by molar-refractivity contribution is -0.250. The normalized spacial score (nSPS) is 17.6. The molecular weight excluding hydrogens is 567 g/mol. The number of pyridine rings is 3. The number of fused-ring (bicyclic) bond motifs is 4. The molecule has 15 heteroatoms. The van der Waals surface area contributed by atoms with E-state index in [0.717, 1.165) is 12.3 Å². The lowest BCUT2D eigenvalue weighted by Gasteiger charge is -2.28. The maximum absolute atomic E-state index is 15.4. The molecule has 5 aromatic rings. The summed E-state index contributed by atoms with van der Waals surface area (Å²) in [6.45, 7) is -1.23. The fourth-order valence-corrected chi connectivity index (χ4v) is 5.56. The standard InChI is InChI=1S/C27H21F5N6O4/c1-33-16-6-15(28)19(29)17-18-21(38-4-3-26(42,10-38)27(30,31)32)13(8-34-23(18)36-20(16)17)11-5-12-22(39)14(25(40)41)9-37(2)24(12)35-7-11/h5-9,33,42H,3-4,10H2,1-2H3,(H,34,36)(H,40,41). The first-order valence-electron chi connectivity index (χ1n) is 12.5. The van der Waals surface area contributed by atoms with E-state index >= 15 is 4.39 Å². The molecule has 1 aliphatic heterocycles. The Labute approximate surface area is 232 Å². The molecule has 5 heterocycles. The van der Waals surface area contributed by atoms with Crippen molar-refractivity contribution in [2.75, 3.05) is 30.4 Å². The monoisotopic (exact) mass is 588 g/mol. The van der Waals surface area contributed by atoms with Gasteiger partial charge in [0.2, 0.25) is 5.43 Å². The summed E-state index contributed by atoms with van der Waals surface area (Å²) in [7, 11) is 2.97. The molecule has 1 saturated heterocycles. The smallest absolute Gasteiger partial charge is 0.418 e. The predicted octanol–water partition coefficient (Wildman–Crippen LogP) is 4.15. The van der Waals surface area contributed by atoms with E-state index in [-0.39, 0.29) is 62.0 Å². The highest BCUT2D eigenvalue weighted by Gasteiger charge is 2.57. The second kappa shape index (κ2) is 9.11. The number of nitrogens with zero attached hydrogens (tertiary/aromatic N) is 4. The van der Waals surface area contributed by atoms with Crippen LogP contribution in [0.15, 0.2) is 35.5 Å². The van der Waals surface area contributed by atoms with Crippen LogP contribution in [0.25, 0.3) is 44.1 Å². The highest BCUT2D eigenvalue weighted by atomic mass is 19.4. The van der Waals surface area contributed by atoms with Crippen LogP contribution in [-0.2, 0) is 7.05 Å². The molecule has 1 unspecified atom stereocenters. The first-order chi connectivity index (χ1) is 19.8. The van der Waals surface area contributed by atoms with Crippen LogP contribution < -0.4 is 15.6 Å². The highest BCUT2D eigenvalue weighted by molar-refractivity contribution is 6.18. The van der Waals surface area contributed by atoms with Gasteiger partial charge >= 0.3 is 12.1 Å².